The van der Waals surface area contributed by atoms with Gasteiger partial charge >= 0.3 is 0 Å². The van der Waals surface area contributed by atoms with Gasteiger partial charge in [-0.25, -0.2) is 8.42 Å². The zero-order chi connectivity index (χ0) is 9.97. The van der Waals surface area contributed by atoms with Crippen LogP contribution in [-0.4, -0.2) is 8.42 Å². The van der Waals surface area contributed by atoms with Gasteiger partial charge in [0.2, 0.25) is 0 Å². The molecule has 0 bridgehead atoms. The fourth-order valence-corrected chi connectivity index (χ4v) is 2.44. The van der Waals surface area contributed by atoms with Crippen LogP contribution in [0.5, 0.6) is 0 Å². The third-order valence-corrected chi connectivity index (χ3v) is 3.27. The first-order valence-electron chi connectivity index (χ1n) is 4.72. The third kappa shape index (κ3) is 1.73. The molecule has 14 heavy (non-hydrogen) atoms. The SMILES string of the molecule is O=[SH](=O)c1ccccc1C1=CCCC1. The molecule has 1 aromatic carbocycles. The molecule has 0 unspecified atom stereocenters. The Balaban J connectivity index is 2.51. The zero-order valence-electron chi connectivity index (χ0n) is 7.77. The predicted octanol–water partition coefficient (Wildman–Crippen LogP) is 2.22. The van der Waals surface area contributed by atoms with Gasteiger partial charge in [0, 0.05) is 0 Å². The molecule has 2 rings (SSSR count). The number of allylic oxidation sites excluding steroid dienone is 2. The standard InChI is InChI=1S/C11H12O2S/c12-14(13)11-8-4-3-7-10(11)9-5-1-2-6-9/h3-5,7-8,14H,1-2,6H2. The highest BCUT2D eigenvalue weighted by Crippen LogP contribution is 2.30. The van der Waals surface area contributed by atoms with Gasteiger partial charge in [0.15, 0.2) is 10.7 Å². The second-order valence-corrected chi connectivity index (χ2v) is 4.39. The van der Waals surface area contributed by atoms with E-state index >= 15 is 0 Å². The molecule has 0 saturated heterocycles. The molecule has 0 amide bonds. The summed E-state index contributed by atoms with van der Waals surface area (Å²) < 4.78 is 22.0. The Hall–Kier alpha value is -1.09. The minimum atomic E-state index is -2.47. The summed E-state index contributed by atoms with van der Waals surface area (Å²) in [5, 5.41) is 0. The summed E-state index contributed by atoms with van der Waals surface area (Å²) in [6.45, 7) is 0. The lowest BCUT2D eigenvalue weighted by Crippen LogP contribution is -1.89. The largest absolute Gasteiger partial charge is 0.227 e. The van der Waals surface area contributed by atoms with E-state index in [1.165, 1.54) is 5.57 Å². The molecular weight excluding hydrogens is 196 g/mol. The molecule has 0 fully saturated rings. The molecule has 1 aromatic rings. The monoisotopic (exact) mass is 208 g/mol. The second-order valence-electron chi connectivity index (χ2n) is 3.40. The number of benzene rings is 1. The normalized spacial score (nSPS) is 15.9. The van der Waals surface area contributed by atoms with Crippen molar-refractivity contribution in [2.45, 2.75) is 24.2 Å². The lowest BCUT2D eigenvalue weighted by molar-refractivity contribution is 0.614. The Kier molecular flexibility index (Phi) is 2.68. The summed E-state index contributed by atoms with van der Waals surface area (Å²) in [5.41, 5.74) is 2.07. The number of thiol groups is 1. The molecule has 2 nitrogen and oxygen atoms in total. The summed E-state index contributed by atoms with van der Waals surface area (Å²) in [7, 11) is -2.47. The van der Waals surface area contributed by atoms with Gasteiger partial charge < -0.3 is 0 Å². The van der Waals surface area contributed by atoms with Crippen molar-refractivity contribution >= 4 is 16.3 Å². The number of rotatable bonds is 2. The third-order valence-electron chi connectivity index (χ3n) is 2.49. The fourth-order valence-electron chi connectivity index (χ4n) is 1.82. The Bertz CT molecular complexity index is 436. The average Bonchev–Trinajstić information content (AvgIpc) is 2.70. The van der Waals surface area contributed by atoms with Crippen LogP contribution in [-0.2, 0) is 10.7 Å². The Morgan fingerprint density at radius 1 is 1.14 bits per heavy atom. The topological polar surface area (TPSA) is 34.1 Å². The Morgan fingerprint density at radius 3 is 2.57 bits per heavy atom. The summed E-state index contributed by atoms with van der Waals surface area (Å²) >= 11 is 0. The van der Waals surface area contributed by atoms with Gasteiger partial charge in [0.05, 0.1) is 4.90 Å². The van der Waals surface area contributed by atoms with Crippen LogP contribution in [0.25, 0.3) is 5.57 Å². The van der Waals surface area contributed by atoms with Crippen LogP contribution in [0.2, 0.25) is 0 Å². The lowest BCUT2D eigenvalue weighted by atomic mass is 10.1. The maximum absolute atomic E-state index is 11.0. The molecular formula is C11H12O2S. The van der Waals surface area contributed by atoms with Crippen LogP contribution in [0.1, 0.15) is 24.8 Å². The highest BCUT2D eigenvalue weighted by atomic mass is 32.2. The van der Waals surface area contributed by atoms with E-state index in [1.54, 1.807) is 12.1 Å². The van der Waals surface area contributed by atoms with Crippen LogP contribution in [0, 0.1) is 0 Å². The molecule has 1 aliphatic carbocycles. The Labute approximate surface area is 85.2 Å². The maximum Gasteiger partial charge on any atom is 0.168 e. The van der Waals surface area contributed by atoms with Crippen LogP contribution >= 0.6 is 0 Å². The van der Waals surface area contributed by atoms with Crippen molar-refractivity contribution in [1.29, 1.82) is 0 Å². The molecule has 0 heterocycles. The first-order valence-corrected chi connectivity index (χ1v) is 5.89. The van der Waals surface area contributed by atoms with E-state index in [0.29, 0.717) is 4.90 Å². The van der Waals surface area contributed by atoms with Gasteiger partial charge in [-0.1, -0.05) is 24.3 Å². The summed E-state index contributed by atoms with van der Waals surface area (Å²) in [5.74, 6) is 0. The second kappa shape index (κ2) is 3.96. The molecule has 0 radical (unpaired) electrons. The highest BCUT2D eigenvalue weighted by molar-refractivity contribution is 7.72. The molecule has 3 heteroatoms. The van der Waals surface area contributed by atoms with E-state index in [1.807, 2.05) is 12.1 Å². The smallest absolute Gasteiger partial charge is 0.168 e. The first kappa shape index (κ1) is 9.46. The minimum absolute atomic E-state index is 0.454. The van der Waals surface area contributed by atoms with Crippen molar-refractivity contribution in [3.63, 3.8) is 0 Å². The molecule has 0 saturated carbocycles. The molecule has 1 aliphatic rings. The molecule has 0 aromatic heterocycles. The van der Waals surface area contributed by atoms with Gasteiger partial charge in [-0.2, -0.15) is 0 Å². The van der Waals surface area contributed by atoms with Gasteiger partial charge in [0.1, 0.15) is 0 Å². The van der Waals surface area contributed by atoms with Crippen molar-refractivity contribution in [2.75, 3.05) is 0 Å². The van der Waals surface area contributed by atoms with Crippen LogP contribution in [0.15, 0.2) is 35.2 Å². The number of hydrogen-bond acceptors (Lipinski definition) is 2. The molecule has 0 atom stereocenters. The van der Waals surface area contributed by atoms with Crippen molar-refractivity contribution in [3.05, 3.63) is 35.9 Å². The highest BCUT2D eigenvalue weighted by Gasteiger charge is 2.11. The molecule has 0 spiro atoms. The van der Waals surface area contributed by atoms with Gasteiger partial charge in [-0.3, -0.25) is 0 Å². The van der Waals surface area contributed by atoms with E-state index in [9.17, 15) is 8.42 Å². The van der Waals surface area contributed by atoms with E-state index in [2.05, 4.69) is 6.08 Å². The fraction of sp³-hybridized carbons (Fsp3) is 0.273. The summed E-state index contributed by atoms with van der Waals surface area (Å²) in [6, 6.07) is 7.20. The van der Waals surface area contributed by atoms with Gasteiger partial charge in [0.25, 0.3) is 0 Å². The van der Waals surface area contributed by atoms with Gasteiger partial charge in [-0.05, 0) is 36.5 Å². The van der Waals surface area contributed by atoms with E-state index in [4.69, 9.17) is 0 Å². The summed E-state index contributed by atoms with van der Waals surface area (Å²) in [4.78, 5) is 0.454. The van der Waals surface area contributed by atoms with Crippen molar-refractivity contribution in [2.24, 2.45) is 0 Å². The van der Waals surface area contributed by atoms with E-state index < -0.39 is 10.7 Å². The summed E-state index contributed by atoms with van der Waals surface area (Å²) in [6.07, 6.45) is 5.34. The lowest BCUT2D eigenvalue weighted by Gasteiger charge is -2.04. The van der Waals surface area contributed by atoms with Crippen molar-refractivity contribution < 1.29 is 8.42 Å². The molecule has 0 aliphatic heterocycles. The molecule has 74 valence electrons. The Morgan fingerprint density at radius 2 is 1.93 bits per heavy atom. The van der Waals surface area contributed by atoms with Crippen molar-refractivity contribution in [1.82, 2.24) is 0 Å². The van der Waals surface area contributed by atoms with Crippen LogP contribution in [0.3, 0.4) is 0 Å². The van der Waals surface area contributed by atoms with Gasteiger partial charge in [-0.15, -0.1) is 0 Å². The van der Waals surface area contributed by atoms with Crippen LogP contribution < -0.4 is 0 Å². The minimum Gasteiger partial charge on any atom is -0.227 e. The van der Waals surface area contributed by atoms with E-state index in [0.717, 1.165) is 24.8 Å². The van der Waals surface area contributed by atoms with Crippen molar-refractivity contribution in [3.8, 4) is 0 Å². The number of hydrogen-bond donors (Lipinski definition) is 1. The predicted molar refractivity (Wildman–Crippen MR) is 56.9 cm³/mol. The van der Waals surface area contributed by atoms with Crippen LogP contribution in [0.4, 0.5) is 0 Å². The average molecular weight is 208 g/mol. The zero-order valence-corrected chi connectivity index (χ0v) is 8.67. The molecule has 0 N–H and O–H groups in total. The van der Waals surface area contributed by atoms with E-state index in [-0.39, 0.29) is 0 Å². The quantitative estimate of drug-likeness (QED) is 0.756. The first-order chi connectivity index (χ1) is 6.79. The maximum atomic E-state index is 11.0.